The number of nitrogens with zero attached hydrogens (tertiary/aromatic N) is 2. The van der Waals surface area contributed by atoms with Crippen molar-refractivity contribution in [1.29, 1.82) is 0 Å². The summed E-state index contributed by atoms with van der Waals surface area (Å²) in [6, 6.07) is 0. The van der Waals surface area contributed by atoms with Gasteiger partial charge in [-0.25, -0.2) is 0 Å². The molecule has 13 N–H and O–H groups in total. The number of aliphatic hydroxyl groups excluding tert-OH is 9. The molecule has 0 bridgehead atoms. The number of rotatable bonds is 24. The highest BCUT2D eigenvalue weighted by Gasteiger charge is 2.34. The number of amides is 6. The molecular formula is C43H66N6O15. The van der Waals surface area contributed by atoms with Gasteiger partial charge in [0.05, 0.1) is 81.4 Å². The first kappa shape index (κ1) is 55.0. The molecule has 0 saturated heterocycles. The minimum absolute atomic E-state index is 0.0512. The van der Waals surface area contributed by atoms with Crippen LogP contribution in [0.25, 0.3) is 0 Å². The third-order valence-electron chi connectivity index (χ3n) is 10.7. The zero-order valence-electron chi connectivity index (χ0n) is 37.7. The predicted molar refractivity (Wildman–Crippen MR) is 234 cm³/mol. The van der Waals surface area contributed by atoms with Crippen LogP contribution >= 0.6 is 0 Å². The maximum Gasteiger partial charge on any atom is 0.252 e. The topological polar surface area (TPSA) is 339 Å². The van der Waals surface area contributed by atoms with Crippen LogP contribution in [0.3, 0.4) is 0 Å². The average Bonchev–Trinajstić information content (AvgIpc) is 3.25. The Hall–Kier alpha value is -5.10. The first-order valence-corrected chi connectivity index (χ1v) is 20.9. The fourth-order valence-corrected chi connectivity index (χ4v) is 7.59. The first-order chi connectivity index (χ1) is 30.1. The van der Waals surface area contributed by atoms with E-state index in [0.29, 0.717) is 0 Å². The molecule has 4 unspecified atom stereocenters. The Bertz CT molecular complexity index is 1870. The van der Waals surface area contributed by atoms with E-state index in [1.165, 1.54) is 41.5 Å². The van der Waals surface area contributed by atoms with E-state index in [1.54, 1.807) is 13.8 Å². The quantitative estimate of drug-likeness (QED) is 0.0504. The van der Waals surface area contributed by atoms with Crippen molar-refractivity contribution in [2.75, 3.05) is 75.5 Å². The fraction of sp³-hybridized carbons (Fsp3) is 0.581. The molecule has 0 heterocycles. The summed E-state index contributed by atoms with van der Waals surface area (Å²) in [5.74, 6) is -4.40. The summed E-state index contributed by atoms with van der Waals surface area (Å²) in [6.45, 7) is 6.49. The van der Waals surface area contributed by atoms with Crippen LogP contribution in [-0.2, 0) is 22.4 Å². The number of hydrogen-bond donors (Lipinski definition) is 13. The minimum Gasteiger partial charge on any atom is -0.394 e. The van der Waals surface area contributed by atoms with Gasteiger partial charge in [0.1, 0.15) is 0 Å². The lowest BCUT2D eigenvalue weighted by Crippen LogP contribution is -2.45. The van der Waals surface area contributed by atoms with E-state index in [9.17, 15) is 74.7 Å². The second-order valence-corrected chi connectivity index (χ2v) is 15.5. The monoisotopic (exact) mass is 906 g/mol. The number of carbonyl (C=O) groups is 6. The molecule has 21 nitrogen and oxygen atoms in total. The summed E-state index contributed by atoms with van der Waals surface area (Å²) >= 11 is 0. The van der Waals surface area contributed by atoms with Crippen molar-refractivity contribution >= 4 is 46.8 Å². The van der Waals surface area contributed by atoms with E-state index in [4.69, 9.17) is 0 Å². The molecule has 0 aliphatic rings. The second kappa shape index (κ2) is 25.4. The summed E-state index contributed by atoms with van der Waals surface area (Å²) < 4.78 is 0. The van der Waals surface area contributed by atoms with Crippen LogP contribution in [0.5, 0.6) is 0 Å². The molecule has 0 radical (unpaired) electrons. The van der Waals surface area contributed by atoms with E-state index < -0.39 is 105 Å². The van der Waals surface area contributed by atoms with Gasteiger partial charge in [0.2, 0.25) is 11.8 Å². The van der Waals surface area contributed by atoms with Crippen molar-refractivity contribution in [1.82, 2.24) is 21.3 Å². The molecule has 2 rings (SSSR count). The highest BCUT2D eigenvalue weighted by atomic mass is 16.3. The van der Waals surface area contributed by atoms with Gasteiger partial charge in [0.15, 0.2) is 0 Å². The Balaban J connectivity index is 2.93. The molecule has 0 aliphatic carbocycles. The molecule has 6 amide bonds. The van der Waals surface area contributed by atoms with Crippen molar-refractivity contribution in [3.63, 3.8) is 0 Å². The van der Waals surface area contributed by atoms with Crippen LogP contribution in [-0.4, -0.2) is 178 Å². The maximum absolute atomic E-state index is 13.8. The lowest BCUT2D eigenvalue weighted by Gasteiger charge is -2.34. The van der Waals surface area contributed by atoms with Gasteiger partial charge < -0.3 is 77.0 Å². The Morgan fingerprint density at radius 2 is 0.688 bits per heavy atom. The summed E-state index contributed by atoms with van der Waals surface area (Å²) in [4.78, 5) is 84.9. The van der Waals surface area contributed by atoms with E-state index >= 15 is 0 Å². The van der Waals surface area contributed by atoms with Crippen LogP contribution in [0.1, 0.15) is 103 Å². The van der Waals surface area contributed by atoms with Gasteiger partial charge in [-0.3, -0.25) is 28.8 Å². The fourth-order valence-electron chi connectivity index (χ4n) is 7.59. The highest BCUT2D eigenvalue weighted by Crippen LogP contribution is 2.38. The zero-order valence-corrected chi connectivity index (χ0v) is 37.7. The van der Waals surface area contributed by atoms with Gasteiger partial charge in [0.25, 0.3) is 23.6 Å². The van der Waals surface area contributed by atoms with Crippen LogP contribution in [0, 0.1) is 27.7 Å². The third kappa shape index (κ3) is 13.5. The van der Waals surface area contributed by atoms with Gasteiger partial charge in [-0.1, -0.05) is 13.8 Å². The standard InChI is InChI=1S/C43H66N6O15/c1-9-32-36(42(63)46-13-29(58)19-52)21(3)34(40(61)44-11-27(56)17-50)23(5)38(32)48(25(7)54)15-31(60)16-49(26(8)55)39-24(6)35(41(62)45-12-28(57)18-51)22(4)37(33(39)10-2)43(64)47-14-30(59)20-53/h27-31,50-53,56-60H,9-20H2,1-8H3,(H,44,61)(H,45,62)(H,46,63)(H,47,64). The smallest absolute Gasteiger partial charge is 0.252 e. The van der Waals surface area contributed by atoms with E-state index in [0.717, 1.165) is 9.80 Å². The molecule has 2 aromatic carbocycles. The van der Waals surface area contributed by atoms with Crippen molar-refractivity contribution in [2.45, 2.75) is 98.8 Å². The Morgan fingerprint density at radius 3 is 0.906 bits per heavy atom. The predicted octanol–water partition coefficient (Wildman–Crippen LogP) is -2.86. The van der Waals surface area contributed by atoms with Gasteiger partial charge in [-0.05, 0) is 73.9 Å². The third-order valence-corrected chi connectivity index (χ3v) is 10.7. The Morgan fingerprint density at radius 1 is 0.438 bits per heavy atom. The molecule has 0 fully saturated rings. The number of nitrogens with one attached hydrogen (secondary N) is 4. The second-order valence-electron chi connectivity index (χ2n) is 15.5. The van der Waals surface area contributed by atoms with Crippen molar-refractivity contribution < 1.29 is 74.7 Å². The van der Waals surface area contributed by atoms with Crippen molar-refractivity contribution in [2.24, 2.45) is 0 Å². The van der Waals surface area contributed by atoms with Crippen molar-refractivity contribution in [3.05, 3.63) is 55.6 Å². The number of aliphatic hydroxyl groups is 9. The first-order valence-electron chi connectivity index (χ1n) is 20.9. The molecule has 0 aromatic heterocycles. The van der Waals surface area contributed by atoms with Crippen LogP contribution in [0.15, 0.2) is 0 Å². The summed E-state index contributed by atoms with van der Waals surface area (Å²) in [5.41, 5.74) is 1.09. The van der Waals surface area contributed by atoms with Gasteiger partial charge >= 0.3 is 0 Å². The van der Waals surface area contributed by atoms with Crippen LogP contribution in [0.4, 0.5) is 11.4 Å². The largest absolute Gasteiger partial charge is 0.394 e. The highest BCUT2D eigenvalue weighted by molar-refractivity contribution is 6.09. The Kier molecular flexibility index (Phi) is 21.8. The molecule has 0 aliphatic heterocycles. The molecule has 2 aromatic rings. The lowest BCUT2D eigenvalue weighted by molar-refractivity contribution is -0.117. The molecule has 0 spiro atoms. The molecular weight excluding hydrogens is 840 g/mol. The summed E-state index contributed by atoms with van der Waals surface area (Å²) in [6.07, 6.45) is -6.72. The SMILES string of the molecule is CCc1c(C(=O)NCC(O)CO)c(C)c(C(=O)NCC(O)CO)c(C)c1N(CC(O)CN(C(C)=O)c1c(C)c(C(=O)NCC(O)CO)c(C)c(C(=O)NCC(O)CO)c1CC)C(C)=O. The minimum atomic E-state index is -1.61. The van der Waals surface area contributed by atoms with E-state index in [2.05, 4.69) is 21.3 Å². The molecule has 0 saturated carbocycles. The maximum atomic E-state index is 13.8. The number of anilines is 2. The van der Waals surface area contributed by atoms with Crippen LogP contribution in [0.2, 0.25) is 0 Å². The van der Waals surface area contributed by atoms with E-state index in [-0.39, 0.29) is 106 Å². The lowest BCUT2D eigenvalue weighted by atomic mass is 9.87. The normalized spacial score (nSPS) is 13.6. The van der Waals surface area contributed by atoms with Crippen molar-refractivity contribution in [3.8, 4) is 0 Å². The molecule has 64 heavy (non-hydrogen) atoms. The van der Waals surface area contributed by atoms with Gasteiger partial charge in [-0.2, -0.15) is 0 Å². The van der Waals surface area contributed by atoms with Gasteiger partial charge in [0, 0.05) is 62.3 Å². The van der Waals surface area contributed by atoms with Crippen LogP contribution < -0.4 is 31.1 Å². The molecule has 358 valence electrons. The number of benzene rings is 2. The zero-order chi connectivity index (χ0) is 48.7. The van der Waals surface area contributed by atoms with E-state index in [1.807, 2.05) is 0 Å². The Labute approximate surface area is 372 Å². The number of hydrogen-bond acceptors (Lipinski definition) is 15. The summed E-state index contributed by atoms with van der Waals surface area (Å²) in [7, 11) is 0. The average molecular weight is 907 g/mol. The summed E-state index contributed by atoms with van der Waals surface area (Å²) in [5, 5.41) is 99.3. The molecule has 21 heteroatoms. The number of carbonyl (C=O) groups excluding carboxylic acids is 6. The van der Waals surface area contributed by atoms with Gasteiger partial charge in [-0.15, -0.1) is 0 Å². The molecule has 4 atom stereocenters.